The van der Waals surface area contributed by atoms with Crippen LogP contribution in [0.3, 0.4) is 0 Å². The third-order valence-electron chi connectivity index (χ3n) is 10.2. The van der Waals surface area contributed by atoms with Crippen molar-refractivity contribution in [3.8, 4) is 22.3 Å². The number of benzene rings is 4. The maximum Gasteiger partial charge on any atom is 0.416 e. The molecule has 6 aromatic rings. The largest absolute Gasteiger partial charge is 1.00 e. The maximum absolute atomic E-state index is 12.8. The van der Waals surface area contributed by atoms with Crippen molar-refractivity contribution in [2.24, 2.45) is 0 Å². The van der Waals surface area contributed by atoms with Gasteiger partial charge >= 0.3 is 12.4 Å². The molecule has 0 heterocycles. The molecule has 0 aliphatic heterocycles. The Morgan fingerprint density at radius 3 is 1.13 bits per heavy atom. The number of hydrogen-bond acceptors (Lipinski definition) is 0. The van der Waals surface area contributed by atoms with E-state index in [0.29, 0.717) is 11.8 Å². The Hall–Kier alpha value is -2.87. The van der Waals surface area contributed by atoms with Gasteiger partial charge in [-0.05, 0) is 72.9 Å². The minimum Gasteiger partial charge on any atom is -1.00 e. The molecule has 0 spiro atoms. The number of hydrogen-bond donors (Lipinski definition) is 0. The fraction of sp³-hybridized carbons (Fsp3) is 0.289. The molecule has 0 saturated heterocycles. The van der Waals surface area contributed by atoms with Gasteiger partial charge in [-0.25, -0.2) is 0 Å². The summed E-state index contributed by atoms with van der Waals surface area (Å²) in [5, 5.41) is 4.63. The molecule has 0 aromatic heterocycles. The number of fused-ring (bicyclic) bond motifs is 2. The Morgan fingerprint density at radius 2 is 0.833 bits per heavy atom. The van der Waals surface area contributed by atoms with Crippen molar-refractivity contribution < 1.29 is 77.0 Å². The van der Waals surface area contributed by atoms with Crippen molar-refractivity contribution >= 4 is 21.5 Å². The van der Waals surface area contributed by atoms with Gasteiger partial charge in [-0.3, -0.25) is 0 Å². The molecule has 2 fully saturated rings. The fourth-order valence-corrected chi connectivity index (χ4v) is 7.69. The second-order valence-electron chi connectivity index (χ2n) is 13.7. The van der Waals surface area contributed by atoms with Crippen LogP contribution >= 0.6 is 0 Å². The predicted molar refractivity (Wildman–Crippen MR) is 198 cm³/mol. The second-order valence-corrected chi connectivity index (χ2v) is 13.7. The molecule has 8 rings (SSSR count). The summed E-state index contributed by atoms with van der Waals surface area (Å²) in [5.74, 6) is 1.27. The molecular formula is C45H42Cl2F6Hf-6. The molecule has 0 unspecified atom stereocenters. The van der Waals surface area contributed by atoms with Gasteiger partial charge in [-0.1, -0.05) is 73.2 Å². The fourth-order valence-electron chi connectivity index (χ4n) is 7.69. The minimum absolute atomic E-state index is 0. The first-order valence-electron chi connectivity index (χ1n) is 17.8. The molecule has 0 radical (unpaired) electrons. The van der Waals surface area contributed by atoms with Gasteiger partial charge in [-0.2, -0.15) is 38.5 Å². The van der Waals surface area contributed by atoms with Gasteiger partial charge in [0, 0.05) is 25.8 Å². The SMILES string of the molecule is FC(F)(F)c1ccc(-c2cccc3[cH-]c(C4CCCC4)cc23)cc1.FC(F)(F)c1ccc(-c2cccc3[cH-]c(C4CCCC4)cc23)cc1.[CH2-]C[CH2-].[Cl-].[Cl-].[Hf]. The van der Waals surface area contributed by atoms with Crippen LogP contribution in [0.15, 0.2) is 109 Å². The zero-order valence-corrected chi connectivity index (χ0v) is 35.0. The van der Waals surface area contributed by atoms with Gasteiger partial charge < -0.3 is 45.1 Å². The van der Waals surface area contributed by atoms with Crippen molar-refractivity contribution in [3.05, 3.63) is 145 Å². The summed E-state index contributed by atoms with van der Waals surface area (Å²) in [7, 11) is 0. The predicted octanol–water partition coefficient (Wildman–Crippen LogP) is 8.85. The molecule has 0 bridgehead atoms. The zero-order chi connectivity index (χ0) is 36.2. The first kappa shape index (κ1) is 45.5. The van der Waals surface area contributed by atoms with Gasteiger partial charge in [0.2, 0.25) is 0 Å². The minimum atomic E-state index is -4.29. The summed E-state index contributed by atoms with van der Waals surface area (Å²) in [6.07, 6.45) is 2.29. The first-order chi connectivity index (χ1) is 24.5. The van der Waals surface area contributed by atoms with Crippen LogP contribution in [0.25, 0.3) is 43.8 Å². The standard InChI is InChI=1S/2C21H18F3.C3H6.2ClH.Hf/c2*22-21(23,24)18-10-8-15(9-11-18)19-7-3-6-16-12-17(13-20(16)19)14-4-1-2-5-14;1-3-2;;;/h2*3,6-14H,1-2,4-5H2;1-3H2;2*1H;/q2*-1;-2;;;/p-2. The van der Waals surface area contributed by atoms with Crippen LogP contribution < -0.4 is 24.8 Å². The summed E-state index contributed by atoms with van der Waals surface area (Å²) in [6, 6.07) is 32.0. The second kappa shape index (κ2) is 19.8. The molecule has 9 heteroatoms. The van der Waals surface area contributed by atoms with Gasteiger partial charge in [0.05, 0.1) is 11.1 Å². The Kier molecular flexibility index (Phi) is 16.7. The zero-order valence-electron chi connectivity index (χ0n) is 29.8. The van der Waals surface area contributed by atoms with Crippen LogP contribution in [0.4, 0.5) is 26.3 Å². The maximum atomic E-state index is 12.8. The van der Waals surface area contributed by atoms with Crippen LogP contribution in [-0.2, 0) is 38.2 Å². The van der Waals surface area contributed by atoms with E-state index in [1.54, 1.807) is 24.3 Å². The smallest absolute Gasteiger partial charge is 0.416 e. The van der Waals surface area contributed by atoms with Crippen LogP contribution in [0.5, 0.6) is 0 Å². The van der Waals surface area contributed by atoms with E-state index in [1.807, 2.05) is 24.3 Å². The molecule has 54 heavy (non-hydrogen) atoms. The van der Waals surface area contributed by atoms with Gasteiger partial charge in [-0.15, -0.1) is 69.1 Å². The quantitative estimate of drug-likeness (QED) is 0.0943. The van der Waals surface area contributed by atoms with Crippen LogP contribution in [0.1, 0.15) is 91.9 Å². The molecule has 0 N–H and O–H groups in total. The van der Waals surface area contributed by atoms with Crippen LogP contribution in [0, 0.1) is 13.8 Å². The average molecular weight is 946 g/mol. The average Bonchev–Trinajstić information content (AvgIpc) is 3.94. The molecule has 0 amide bonds. The summed E-state index contributed by atoms with van der Waals surface area (Å²) in [4.78, 5) is 0. The molecule has 0 atom stereocenters. The van der Waals surface area contributed by atoms with E-state index in [0.717, 1.165) is 63.7 Å². The summed E-state index contributed by atoms with van der Waals surface area (Å²) >= 11 is 0. The van der Waals surface area contributed by atoms with Gasteiger partial charge in [0.15, 0.2) is 0 Å². The Balaban J connectivity index is 0.000000257. The Bertz CT molecular complexity index is 1880. The molecule has 288 valence electrons. The molecule has 6 aromatic carbocycles. The molecular weight excluding hydrogens is 904 g/mol. The van der Waals surface area contributed by atoms with Crippen molar-refractivity contribution in [2.45, 2.75) is 82.0 Å². The molecule has 2 saturated carbocycles. The van der Waals surface area contributed by atoms with E-state index in [-0.39, 0.29) is 50.7 Å². The molecule has 2 aliphatic rings. The normalized spacial score (nSPS) is 14.7. The van der Waals surface area contributed by atoms with Crippen molar-refractivity contribution in [1.82, 2.24) is 0 Å². The van der Waals surface area contributed by atoms with E-state index >= 15 is 0 Å². The van der Waals surface area contributed by atoms with E-state index < -0.39 is 23.5 Å². The van der Waals surface area contributed by atoms with Crippen LogP contribution in [0.2, 0.25) is 0 Å². The monoisotopic (exact) mass is 946 g/mol. The van der Waals surface area contributed by atoms with Gasteiger partial charge in [0.1, 0.15) is 0 Å². The number of halogens is 8. The Labute approximate surface area is 346 Å². The summed E-state index contributed by atoms with van der Waals surface area (Å²) < 4.78 is 76.5. The van der Waals surface area contributed by atoms with E-state index in [2.05, 4.69) is 50.2 Å². The summed E-state index contributed by atoms with van der Waals surface area (Å²) in [5.41, 5.74) is 5.22. The summed E-state index contributed by atoms with van der Waals surface area (Å²) in [6.45, 7) is 6.75. The van der Waals surface area contributed by atoms with Crippen molar-refractivity contribution in [1.29, 1.82) is 0 Å². The molecule has 0 nitrogen and oxygen atoms in total. The van der Waals surface area contributed by atoms with E-state index in [1.165, 1.54) is 73.3 Å². The van der Waals surface area contributed by atoms with Crippen molar-refractivity contribution in [2.75, 3.05) is 0 Å². The third-order valence-corrected chi connectivity index (χ3v) is 10.2. The Morgan fingerprint density at radius 1 is 0.519 bits per heavy atom. The van der Waals surface area contributed by atoms with Crippen molar-refractivity contribution in [3.63, 3.8) is 0 Å². The number of alkyl halides is 6. The van der Waals surface area contributed by atoms with E-state index in [4.69, 9.17) is 0 Å². The topological polar surface area (TPSA) is 0 Å². The van der Waals surface area contributed by atoms with Crippen LogP contribution in [-0.4, -0.2) is 0 Å². The third kappa shape index (κ3) is 10.7. The van der Waals surface area contributed by atoms with Gasteiger partial charge in [0.25, 0.3) is 0 Å². The first-order valence-corrected chi connectivity index (χ1v) is 17.8. The molecule has 2 aliphatic carbocycles. The number of rotatable bonds is 4. The van der Waals surface area contributed by atoms with E-state index in [9.17, 15) is 26.3 Å².